The molecule has 0 fully saturated rings. The van der Waals surface area contributed by atoms with E-state index in [1.54, 1.807) is 0 Å². The average molecular weight is 257 g/mol. The molecule has 3 nitrogen and oxygen atoms in total. The zero-order valence-electron chi connectivity index (χ0n) is 12.6. The van der Waals surface area contributed by atoms with Crippen LogP contribution in [0.5, 0.6) is 0 Å². The van der Waals surface area contributed by atoms with Crippen molar-refractivity contribution in [2.24, 2.45) is 23.5 Å². The fraction of sp³-hybridized carbons (Fsp3) is 0.933. The van der Waals surface area contributed by atoms with E-state index >= 15 is 0 Å². The molecule has 0 amide bonds. The van der Waals surface area contributed by atoms with E-state index in [1.165, 1.54) is 0 Å². The molecule has 2 atom stereocenters. The minimum Gasteiger partial charge on any atom is -0.465 e. The van der Waals surface area contributed by atoms with Crippen molar-refractivity contribution in [3.63, 3.8) is 0 Å². The average Bonchev–Trinajstić information content (AvgIpc) is 2.31. The van der Waals surface area contributed by atoms with Gasteiger partial charge in [-0.25, -0.2) is 0 Å². The first kappa shape index (κ1) is 17.4. The number of hydrogen-bond donors (Lipinski definition) is 1. The maximum absolute atomic E-state index is 11.6. The Morgan fingerprint density at radius 1 is 1.17 bits per heavy atom. The fourth-order valence-electron chi connectivity index (χ4n) is 2.21. The second-order valence-electron chi connectivity index (χ2n) is 5.70. The molecule has 0 saturated carbocycles. The predicted molar refractivity (Wildman–Crippen MR) is 76.3 cm³/mol. The highest BCUT2D eigenvalue weighted by molar-refractivity contribution is 5.69. The maximum atomic E-state index is 11.6. The van der Waals surface area contributed by atoms with Crippen molar-refractivity contribution in [2.75, 3.05) is 13.2 Å². The smallest absolute Gasteiger partial charge is 0.305 e. The Labute approximate surface area is 112 Å². The van der Waals surface area contributed by atoms with Gasteiger partial charge in [0.15, 0.2) is 0 Å². The molecule has 0 saturated heterocycles. The number of carbonyl (C=O) groups is 1. The van der Waals surface area contributed by atoms with Gasteiger partial charge in [0.1, 0.15) is 0 Å². The van der Waals surface area contributed by atoms with Gasteiger partial charge in [0.05, 0.1) is 6.61 Å². The molecule has 18 heavy (non-hydrogen) atoms. The molecule has 0 bridgehead atoms. The van der Waals surface area contributed by atoms with Gasteiger partial charge in [0, 0.05) is 6.42 Å². The second kappa shape index (κ2) is 10.4. The van der Waals surface area contributed by atoms with E-state index in [9.17, 15) is 4.79 Å². The molecule has 2 unspecified atom stereocenters. The van der Waals surface area contributed by atoms with E-state index in [0.717, 1.165) is 25.7 Å². The molecule has 0 aliphatic rings. The predicted octanol–water partition coefficient (Wildman–Crippen LogP) is 3.37. The number of hydrogen-bond acceptors (Lipinski definition) is 3. The van der Waals surface area contributed by atoms with Gasteiger partial charge in [-0.3, -0.25) is 4.79 Å². The summed E-state index contributed by atoms with van der Waals surface area (Å²) in [6.45, 7) is 9.92. The minimum absolute atomic E-state index is 0.0550. The van der Waals surface area contributed by atoms with E-state index in [-0.39, 0.29) is 5.97 Å². The van der Waals surface area contributed by atoms with Crippen molar-refractivity contribution in [1.82, 2.24) is 0 Å². The first-order chi connectivity index (χ1) is 8.51. The van der Waals surface area contributed by atoms with Gasteiger partial charge >= 0.3 is 5.97 Å². The lowest BCUT2D eigenvalue weighted by molar-refractivity contribution is -0.145. The first-order valence-corrected chi connectivity index (χ1v) is 7.36. The van der Waals surface area contributed by atoms with Crippen LogP contribution in [0.25, 0.3) is 0 Å². The number of carbonyl (C=O) groups excluding carboxylic acids is 1. The Morgan fingerprint density at radius 3 is 2.33 bits per heavy atom. The van der Waals surface area contributed by atoms with E-state index in [0.29, 0.717) is 37.3 Å². The molecule has 0 aromatic carbocycles. The van der Waals surface area contributed by atoms with Crippen molar-refractivity contribution in [2.45, 2.75) is 59.8 Å². The topological polar surface area (TPSA) is 52.3 Å². The van der Waals surface area contributed by atoms with Crippen LogP contribution in [0.1, 0.15) is 59.8 Å². The highest BCUT2D eigenvalue weighted by Crippen LogP contribution is 2.20. The molecule has 0 aliphatic carbocycles. The monoisotopic (exact) mass is 257 g/mol. The molecule has 0 heterocycles. The lowest BCUT2D eigenvalue weighted by atomic mass is 9.88. The molecular formula is C15H31NO2. The largest absolute Gasteiger partial charge is 0.465 e. The van der Waals surface area contributed by atoms with Gasteiger partial charge in [-0.1, -0.05) is 34.1 Å². The molecular weight excluding hydrogens is 226 g/mol. The summed E-state index contributed by atoms with van der Waals surface area (Å²) in [6.07, 6.45) is 4.69. The van der Waals surface area contributed by atoms with Gasteiger partial charge in [0.25, 0.3) is 0 Å². The van der Waals surface area contributed by atoms with Crippen molar-refractivity contribution < 1.29 is 9.53 Å². The number of rotatable bonds is 10. The molecule has 3 heteroatoms. The Hall–Kier alpha value is -0.570. The van der Waals surface area contributed by atoms with Gasteiger partial charge in [0.2, 0.25) is 0 Å². The van der Waals surface area contributed by atoms with E-state index in [4.69, 9.17) is 10.5 Å². The van der Waals surface area contributed by atoms with E-state index < -0.39 is 0 Å². The molecule has 0 spiro atoms. The van der Waals surface area contributed by atoms with Crippen LogP contribution in [0.4, 0.5) is 0 Å². The zero-order valence-corrected chi connectivity index (χ0v) is 12.6. The van der Waals surface area contributed by atoms with Gasteiger partial charge in [-0.2, -0.15) is 0 Å². The summed E-state index contributed by atoms with van der Waals surface area (Å²) in [5.41, 5.74) is 5.59. The highest BCUT2D eigenvalue weighted by Gasteiger charge is 2.15. The third-order valence-corrected chi connectivity index (χ3v) is 3.51. The van der Waals surface area contributed by atoms with Crippen molar-refractivity contribution >= 4 is 5.97 Å². The molecule has 108 valence electrons. The first-order valence-electron chi connectivity index (χ1n) is 7.36. The lowest BCUT2D eigenvalue weighted by Crippen LogP contribution is -2.17. The van der Waals surface area contributed by atoms with Gasteiger partial charge < -0.3 is 10.5 Å². The van der Waals surface area contributed by atoms with Crippen LogP contribution in [0.15, 0.2) is 0 Å². The third kappa shape index (κ3) is 8.51. The number of esters is 1. The fourth-order valence-corrected chi connectivity index (χ4v) is 2.21. The van der Waals surface area contributed by atoms with Crippen LogP contribution in [0.3, 0.4) is 0 Å². The van der Waals surface area contributed by atoms with Gasteiger partial charge in [-0.05, 0) is 43.6 Å². The summed E-state index contributed by atoms with van der Waals surface area (Å²) in [6, 6.07) is 0. The molecule has 0 aromatic heterocycles. The Kier molecular flexibility index (Phi) is 10.0. The van der Waals surface area contributed by atoms with E-state index in [1.807, 2.05) is 0 Å². The minimum atomic E-state index is -0.0550. The van der Waals surface area contributed by atoms with Crippen molar-refractivity contribution in [3.8, 4) is 0 Å². The number of ether oxygens (including phenoxy) is 1. The Balaban J connectivity index is 3.80. The lowest BCUT2D eigenvalue weighted by Gasteiger charge is -2.19. The molecule has 0 rings (SSSR count). The van der Waals surface area contributed by atoms with Crippen LogP contribution >= 0.6 is 0 Å². The van der Waals surface area contributed by atoms with Crippen LogP contribution in [0, 0.1) is 17.8 Å². The third-order valence-electron chi connectivity index (χ3n) is 3.51. The van der Waals surface area contributed by atoms with Crippen LogP contribution < -0.4 is 5.73 Å². The van der Waals surface area contributed by atoms with Crippen LogP contribution in [-0.2, 0) is 9.53 Å². The maximum Gasteiger partial charge on any atom is 0.305 e. The van der Waals surface area contributed by atoms with Gasteiger partial charge in [-0.15, -0.1) is 0 Å². The van der Waals surface area contributed by atoms with E-state index in [2.05, 4.69) is 27.7 Å². The van der Waals surface area contributed by atoms with Crippen LogP contribution in [-0.4, -0.2) is 19.1 Å². The van der Waals surface area contributed by atoms with Crippen molar-refractivity contribution in [1.29, 1.82) is 0 Å². The van der Waals surface area contributed by atoms with Crippen molar-refractivity contribution in [3.05, 3.63) is 0 Å². The summed E-state index contributed by atoms with van der Waals surface area (Å²) in [5, 5.41) is 0. The Morgan fingerprint density at radius 2 is 1.83 bits per heavy atom. The summed E-state index contributed by atoms with van der Waals surface area (Å²) < 4.78 is 5.29. The quantitative estimate of drug-likeness (QED) is 0.610. The van der Waals surface area contributed by atoms with Crippen LogP contribution in [0.2, 0.25) is 0 Å². The standard InChI is InChI=1S/C15H31NO2/c1-5-6-13(4)11-18-15(17)8-7-14(9-10-16)12(2)3/h12-14H,5-11,16H2,1-4H3. The number of nitrogens with two attached hydrogens (primary N) is 1. The summed E-state index contributed by atoms with van der Waals surface area (Å²) >= 11 is 0. The summed E-state index contributed by atoms with van der Waals surface area (Å²) in [5.74, 6) is 1.54. The summed E-state index contributed by atoms with van der Waals surface area (Å²) in [7, 11) is 0. The molecule has 0 aliphatic heterocycles. The normalized spacial score (nSPS) is 14.6. The Bertz CT molecular complexity index is 217. The molecule has 2 N–H and O–H groups in total. The SMILES string of the molecule is CCCC(C)COC(=O)CCC(CCN)C(C)C. The molecule has 0 radical (unpaired) electrons. The highest BCUT2D eigenvalue weighted by atomic mass is 16.5. The zero-order chi connectivity index (χ0) is 14.0. The summed E-state index contributed by atoms with van der Waals surface area (Å²) in [4.78, 5) is 11.6. The molecule has 0 aromatic rings. The second-order valence-corrected chi connectivity index (χ2v) is 5.70.